The van der Waals surface area contributed by atoms with Crippen LogP contribution in [0.2, 0.25) is 5.02 Å². The van der Waals surface area contributed by atoms with Crippen molar-refractivity contribution < 1.29 is 18.7 Å². The molecule has 1 fully saturated rings. The Hall–Kier alpha value is -3.49. The van der Waals surface area contributed by atoms with Crippen LogP contribution in [-0.2, 0) is 6.42 Å². The van der Waals surface area contributed by atoms with Gasteiger partial charge in [-0.3, -0.25) is 9.80 Å². The Morgan fingerprint density at radius 3 is 2.65 bits per heavy atom. The Balaban J connectivity index is 1.04. The van der Waals surface area contributed by atoms with E-state index in [1.54, 1.807) is 4.90 Å². The Bertz CT molecular complexity index is 1310. The Morgan fingerprint density at radius 1 is 1.00 bits per heavy atom. The molecule has 9 heteroatoms. The fourth-order valence-electron chi connectivity index (χ4n) is 5.19. The van der Waals surface area contributed by atoms with Crippen LogP contribution < -0.4 is 24.6 Å². The largest absolute Gasteiger partial charge is 0.486 e. The van der Waals surface area contributed by atoms with Crippen molar-refractivity contribution >= 4 is 34.7 Å². The molecule has 1 N–H and O–H groups in total. The number of nitrogens with zero attached hydrogens (tertiary/aromatic N) is 3. The van der Waals surface area contributed by atoms with Gasteiger partial charge in [0, 0.05) is 50.6 Å². The van der Waals surface area contributed by atoms with E-state index in [0.29, 0.717) is 25.3 Å². The molecule has 0 saturated carbocycles. The van der Waals surface area contributed by atoms with Crippen LogP contribution >= 0.6 is 11.6 Å². The first-order chi connectivity index (χ1) is 18.0. The second-order valence-electron chi connectivity index (χ2n) is 9.56. The SMILES string of the molecule is O=C(Nc1cccc(N2CCN(CC3COc4ccccc4O3)CC2)c1)N1CCc2cc(F)c(Cl)cc21. The number of amides is 2. The van der Waals surface area contributed by atoms with Crippen LogP contribution in [0.1, 0.15) is 5.56 Å². The molecule has 3 heterocycles. The average Bonchev–Trinajstić information content (AvgIpc) is 3.32. The Morgan fingerprint density at radius 2 is 1.81 bits per heavy atom. The lowest BCUT2D eigenvalue weighted by atomic mass is 10.1. The van der Waals surface area contributed by atoms with Crippen molar-refractivity contribution in [2.24, 2.45) is 0 Å². The summed E-state index contributed by atoms with van der Waals surface area (Å²) in [7, 11) is 0. The molecule has 3 aromatic carbocycles. The molecule has 0 bridgehead atoms. The number of rotatable bonds is 4. The fraction of sp³-hybridized carbons (Fsp3) is 0.321. The van der Waals surface area contributed by atoms with Gasteiger partial charge in [0.05, 0.1) is 10.7 Å². The average molecular weight is 523 g/mol. The number of fused-ring (bicyclic) bond motifs is 2. The minimum absolute atomic E-state index is 0.0158. The summed E-state index contributed by atoms with van der Waals surface area (Å²) in [6.45, 7) is 5.46. The topological polar surface area (TPSA) is 57.3 Å². The number of hydrogen-bond donors (Lipinski definition) is 1. The first-order valence-corrected chi connectivity index (χ1v) is 12.9. The van der Waals surface area contributed by atoms with Crippen molar-refractivity contribution in [3.05, 3.63) is 77.1 Å². The summed E-state index contributed by atoms with van der Waals surface area (Å²) in [5.74, 6) is 1.16. The molecule has 0 spiro atoms. The molecule has 1 unspecified atom stereocenters. The molecule has 37 heavy (non-hydrogen) atoms. The zero-order valence-corrected chi connectivity index (χ0v) is 21.1. The smallest absolute Gasteiger partial charge is 0.326 e. The number of nitrogens with one attached hydrogen (secondary N) is 1. The number of hydrogen-bond acceptors (Lipinski definition) is 5. The quantitative estimate of drug-likeness (QED) is 0.520. The highest BCUT2D eigenvalue weighted by atomic mass is 35.5. The van der Waals surface area contributed by atoms with E-state index < -0.39 is 5.82 Å². The van der Waals surface area contributed by atoms with E-state index in [0.717, 1.165) is 61.2 Å². The molecule has 7 nitrogen and oxygen atoms in total. The van der Waals surface area contributed by atoms with Crippen LogP contribution in [-0.4, -0.2) is 62.9 Å². The van der Waals surface area contributed by atoms with Gasteiger partial charge < -0.3 is 19.7 Å². The lowest BCUT2D eigenvalue weighted by Crippen LogP contribution is -2.50. The predicted molar refractivity (Wildman–Crippen MR) is 143 cm³/mol. The van der Waals surface area contributed by atoms with E-state index in [9.17, 15) is 9.18 Å². The molecular formula is C28H28ClFN4O3. The summed E-state index contributed by atoms with van der Waals surface area (Å²) in [5.41, 5.74) is 3.23. The molecule has 0 radical (unpaired) electrons. The summed E-state index contributed by atoms with van der Waals surface area (Å²) in [4.78, 5) is 19.4. The Kier molecular flexibility index (Phi) is 6.52. The zero-order valence-electron chi connectivity index (χ0n) is 20.3. The molecule has 1 atom stereocenters. The second kappa shape index (κ2) is 10.1. The number of urea groups is 1. The monoisotopic (exact) mass is 522 g/mol. The van der Waals surface area contributed by atoms with Crippen molar-refractivity contribution in [3.8, 4) is 11.5 Å². The first kappa shape index (κ1) is 23.9. The summed E-state index contributed by atoms with van der Waals surface area (Å²) in [6, 6.07) is 18.4. The van der Waals surface area contributed by atoms with Gasteiger partial charge in [0.2, 0.25) is 0 Å². The summed E-state index contributed by atoms with van der Waals surface area (Å²) in [5, 5.41) is 3.01. The van der Waals surface area contributed by atoms with Gasteiger partial charge in [0.15, 0.2) is 11.5 Å². The van der Waals surface area contributed by atoms with Gasteiger partial charge >= 0.3 is 6.03 Å². The van der Waals surface area contributed by atoms with Gasteiger partial charge in [-0.15, -0.1) is 0 Å². The maximum atomic E-state index is 13.8. The summed E-state index contributed by atoms with van der Waals surface area (Å²) >= 11 is 5.96. The van der Waals surface area contributed by atoms with Crippen LogP contribution in [0.15, 0.2) is 60.7 Å². The molecule has 3 aromatic rings. The third-order valence-electron chi connectivity index (χ3n) is 7.13. The normalized spacial score (nSPS) is 19.0. The minimum Gasteiger partial charge on any atom is -0.486 e. The third kappa shape index (κ3) is 5.04. The van der Waals surface area contributed by atoms with Crippen molar-refractivity contribution in [1.29, 1.82) is 0 Å². The highest BCUT2D eigenvalue weighted by Crippen LogP contribution is 2.34. The van der Waals surface area contributed by atoms with Crippen molar-refractivity contribution in [2.75, 3.05) is 61.0 Å². The number of piperazine rings is 1. The third-order valence-corrected chi connectivity index (χ3v) is 7.42. The van der Waals surface area contributed by atoms with Crippen molar-refractivity contribution in [2.45, 2.75) is 12.5 Å². The van der Waals surface area contributed by atoms with Crippen molar-refractivity contribution in [1.82, 2.24) is 4.90 Å². The molecule has 6 rings (SSSR count). The number of anilines is 3. The highest BCUT2D eigenvalue weighted by Gasteiger charge is 2.28. The van der Waals surface area contributed by atoms with Crippen LogP contribution in [0.25, 0.3) is 0 Å². The highest BCUT2D eigenvalue weighted by molar-refractivity contribution is 6.31. The summed E-state index contributed by atoms with van der Waals surface area (Å²) < 4.78 is 25.8. The molecular weight excluding hydrogens is 495 g/mol. The van der Waals surface area contributed by atoms with Crippen LogP contribution in [0.4, 0.5) is 26.2 Å². The van der Waals surface area contributed by atoms with Crippen LogP contribution in [0, 0.1) is 5.82 Å². The molecule has 192 valence electrons. The number of halogens is 2. The first-order valence-electron chi connectivity index (χ1n) is 12.6. The van der Waals surface area contributed by atoms with E-state index in [1.165, 1.54) is 12.1 Å². The molecule has 3 aliphatic heterocycles. The standard InChI is InChI=1S/C28H28ClFN4O3/c29-23-16-25-19(14-24(23)30)8-9-34(25)28(35)31-20-4-3-5-21(15-20)33-12-10-32(11-13-33)17-22-18-36-26-6-1-2-7-27(26)37-22/h1-7,14-16,22H,8-13,17-18H2,(H,31,35). The van der Waals surface area contributed by atoms with E-state index in [4.69, 9.17) is 21.1 Å². The molecule has 2 amide bonds. The van der Waals surface area contributed by atoms with E-state index in [2.05, 4.69) is 21.2 Å². The van der Waals surface area contributed by atoms with Crippen molar-refractivity contribution in [3.63, 3.8) is 0 Å². The van der Waals surface area contributed by atoms with Crippen LogP contribution in [0.3, 0.4) is 0 Å². The maximum absolute atomic E-state index is 13.8. The number of para-hydroxylation sites is 2. The number of benzene rings is 3. The number of ether oxygens (including phenoxy) is 2. The molecule has 0 aromatic heterocycles. The van der Waals surface area contributed by atoms with Crippen LogP contribution in [0.5, 0.6) is 11.5 Å². The zero-order chi connectivity index (χ0) is 25.4. The number of carbonyl (C=O) groups is 1. The lowest BCUT2D eigenvalue weighted by molar-refractivity contribution is 0.0571. The number of carbonyl (C=O) groups excluding carboxylic acids is 1. The predicted octanol–water partition coefficient (Wildman–Crippen LogP) is 5.04. The van der Waals surface area contributed by atoms with E-state index >= 15 is 0 Å². The molecule has 3 aliphatic rings. The van der Waals surface area contributed by atoms with Gasteiger partial charge in [-0.2, -0.15) is 0 Å². The van der Waals surface area contributed by atoms with Gasteiger partial charge in [-0.25, -0.2) is 9.18 Å². The van der Waals surface area contributed by atoms with Gasteiger partial charge in [-0.05, 0) is 54.4 Å². The van der Waals surface area contributed by atoms with Gasteiger partial charge in [0.25, 0.3) is 0 Å². The van der Waals surface area contributed by atoms with E-state index in [1.807, 2.05) is 42.5 Å². The fourth-order valence-corrected chi connectivity index (χ4v) is 5.35. The maximum Gasteiger partial charge on any atom is 0.326 e. The molecule has 1 saturated heterocycles. The Labute approximate surface area is 220 Å². The lowest BCUT2D eigenvalue weighted by Gasteiger charge is -2.38. The molecule has 0 aliphatic carbocycles. The minimum atomic E-state index is -0.458. The summed E-state index contributed by atoms with van der Waals surface area (Å²) in [6.07, 6.45) is 0.619. The van der Waals surface area contributed by atoms with Gasteiger partial charge in [0.1, 0.15) is 18.5 Å². The van der Waals surface area contributed by atoms with E-state index in [-0.39, 0.29) is 17.2 Å². The second-order valence-corrected chi connectivity index (χ2v) is 9.97. The van der Waals surface area contributed by atoms with Gasteiger partial charge in [-0.1, -0.05) is 29.8 Å².